The molecule has 0 radical (unpaired) electrons. The Balaban J connectivity index is 3.00. The van der Waals surface area contributed by atoms with E-state index in [0.717, 1.165) is 11.1 Å². The van der Waals surface area contributed by atoms with E-state index in [0.29, 0.717) is 5.56 Å². The van der Waals surface area contributed by atoms with Crippen LogP contribution in [0.4, 0.5) is 0 Å². The molecule has 0 fully saturated rings. The Morgan fingerprint density at radius 3 is 2.17 bits per heavy atom. The average molecular weight is 266 g/mol. The zero-order valence-electron chi connectivity index (χ0n) is 12.0. The van der Waals surface area contributed by atoms with Gasteiger partial charge in [0.1, 0.15) is 0 Å². The number of benzene rings is 1. The maximum absolute atomic E-state index is 12.3. The van der Waals surface area contributed by atoms with E-state index >= 15 is 0 Å². The Morgan fingerprint density at radius 1 is 1.17 bits per heavy atom. The molecule has 18 heavy (non-hydrogen) atoms. The van der Waals surface area contributed by atoms with E-state index in [1.165, 1.54) is 0 Å². The summed E-state index contributed by atoms with van der Waals surface area (Å²) >= 11 is 0. The molecule has 2 nitrogen and oxygen atoms in total. The smallest absolute Gasteiger partial charge is 0.178 e. The highest BCUT2D eigenvalue weighted by atomic mass is 32.2. The summed E-state index contributed by atoms with van der Waals surface area (Å²) in [5, 5.41) is -0.466. The number of hydrogen-bond donors (Lipinski definition) is 0. The van der Waals surface area contributed by atoms with Crippen LogP contribution in [0, 0.1) is 13.8 Å². The molecule has 0 aromatic heterocycles. The Bertz CT molecular complexity index is 484. The normalized spacial score (nSPS) is 15.2. The average Bonchev–Trinajstić information content (AvgIpc) is 2.28. The van der Waals surface area contributed by atoms with E-state index < -0.39 is 16.0 Å². The van der Waals surface area contributed by atoms with Crippen molar-refractivity contribution in [1.29, 1.82) is 0 Å². The van der Waals surface area contributed by atoms with Gasteiger partial charge in [0.15, 0.2) is 5.78 Å². The molecule has 2 unspecified atom stereocenters. The van der Waals surface area contributed by atoms with Crippen LogP contribution in [-0.2, 0) is 10.8 Å². The lowest BCUT2D eigenvalue weighted by Crippen LogP contribution is -2.34. The molecule has 0 aliphatic rings. The summed E-state index contributed by atoms with van der Waals surface area (Å²) in [5.41, 5.74) is 2.91. The molecule has 0 aliphatic carbocycles. The quantitative estimate of drug-likeness (QED) is 0.786. The molecular weight excluding hydrogens is 244 g/mol. The fraction of sp³-hybridized carbons (Fsp3) is 0.533. The van der Waals surface area contributed by atoms with Crippen LogP contribution in [0.3, 0.4) is 0 Å². The molecule has 2 atom stereocenters. The summed E-state index contributed by atoms with van der Waals surface area (Å²) in [4.78, 5) is 12.3. The van der Waals surface area contributed by atoms with Gasteiger partial charge in [-0.15, -0.1) is 0 Å². The second-order valence-corrected chi connectivity index (χ2v) is 8.24. The topological polar surface area (TPSA) is 34.1 Å². The second-order valence-electron chi connectivity index (χ2n) is 5.72. The molecule has 3 heteroatoms. The summed E-state index contributed by atoms with van der Waals surface area (Å²) in [6.45, 7) is 11.4. The van der Waals surface area contributed by atoms with Crippen molar-refractivity contribution >= 4 is 16.6 Å². The van der Waals surface area contributed by atoms with E-state index in [9.17, 15) is 9.00 Å². The van der Waals surface area contributed by atoms with Crippen molar-refractivity contribution in [3.05, 3.63) is 34.9 Å². The van der Waals surface area contributed by atoms with Gasteiger partial charge in [-0.2, -0.15) is 0 Å². The number of carbonyl (C=O) groups is 1. The lowest BCUT2D eigenvalue weighted by Gasteiger charge is -2.22. The first-order chi connectivity index (χ1) is 8.14. The zero-order valence-corrected chi connectivity index (χ0v) is 12.9. The van der Waals surface area contributed by atoms with Gasteiger partial charge in [0, 0.05) is 21.1 Å². The van der Waals surface area contributed by atoms with E-state index in [2.05, 4.69) is 0 Å². The number of carbonyl (C=O) groups excluding carboxylic acids is 1. The summed E-state index contributed by atoms with van der Waals surface area (Å²) in [6.07, 6.45) is 0. The Hall–Kier alpha value is -0.960. The van der Waals surface area contributed by atoms with Crippen molar-refractivity contribution in [2.24, 2.45) is 0 Å². The minimum absolute atomic E-state index is 0.0358. The number of hydrogen-bond acceptors (Lipinski definition) is 2. The first-order valence-corrected chi connectivity index (χ1v) is 7.38. The van der Waals surface area contributed by atoms with Gasteiger partial charge in [0.05, 0.1) is 5.25 Å². The molecule has 0 amide bonds. The van der Waals surface area contributed by atoms with E-state index in [-0.39, 0.29) is 10.5 Å². The summed E-state index contributed by atoms with van der Waals surface area (Å²) < 4.78 is 11.9. The van der Waals surface area contributed by atoms with Gasteiger partial charge in [0.25, 0.3) is 0 Å². The summed E-state index contributed by atoms with van der Waals surface area (Å²) in [6, 6.07) is 5.64. The second kappa shape index (κ2) is 5.35. The van der Waals surface area contributed by atoms with Crippen LogP contribution in [0.1, 0.15) is 49.2 Å². The van der Waals surface area contributed by atoms with Gasteiger partial charge in [-0.3, -0.25) is 9.00 Å². The lowest BCUT2D eigenvalue weighted by molar-refractivity contribution is 0.0992. The fourth-order valence-electron chi connectivity index (χ4n) is 1.76. The molecular formula is C15H22O2S. The van der Waals surface area contributed by atoms with Crippen molar-refractivity contribution < 1.29 is 9.00 Å². The van der Waals surface area contributed by atoms with Gasteiger partial charge in [-0.05, 0) is 58.7 Å². The molecule has 1 aromatic carbocycles. The van der Waals surface area contributed by atoms with E-state index in [1.54, 1.807) is 6.92 Å². The number of ketones is 1. The maximum Gasteiger partial charge on any atom is 0.178 e. The molecule has 0 spiro atoms. The lowest BCUT2D eigenvalue weighted by atomic mass is 10.0. The van der Waals surface area contributed by atoms with Crippen molar-refractivity contribution in [2.45, 2.75) is 51.5 Å². The van der Waals surface area contributed by atoms with Crippen LogP contribution < -0.4 is 0 Å². The van der Waals surface area contributed by atoms with Gasteiger partial charge in [-0.1, -0.05) is 12.1 Å². The standard InChI is InChI=1S/C15H22O2S/c1-10-7-8-13(9-11(10)2)14(16)12(3)18(17)15(4,5)6/h7-9,12H,1-6H3. The van der Waals surface area contributed by atoms with Crippen molar-refractivity contribution in [3.8, 4) is 0 Å². The van der Waals surface area contributed by atoms with Gasteiger partial charge in [-0.25, -0.2) is 0 Å². The molecule has 1 rings (SSSR count). The Kier molecular flexibility index (Phi) is 4.49. The van der Waals surface area contributed by atoms with E-state index in [4.69, 9.17) is 0 Å². The third-order valence-electron chi connectivity index (χ3n) is 3.09. The molecule has 0 aliphatic heterocycles. The molecule has 0 N–H and O–H groups in total. The van der Waals surface area contributed by atoms with Crippen molar-refractivity contribution in [3.63, 3.8) is 0 Å². The Morgan fingerprint density at radius 2 is 1.72 bits per heavy atom. The first-order valence-electron chi connectivity index (χ1n) is 6.16. The van der Waals surface area contributed by atoms with Gasteiger partial charge >= 0.3 is 0 Å². The van der Waals surface area contributed by atoms with Gasteiger partial charge < -0.3 is 0 Å². The highest BCUT2D eigenvalue weighted by Crippen LogP contribution is 2.20. The molecule has 0 saturated heterocycles. The van der Waals surface area contributed by atoms with E-state index in [1.807, 2.05) is 52.8 Å². The number of aryl methyl sites for hydroxylation is 2. The number of rotatable bonds is 3. The zero-order chi connectivity index (χ0) is 14.1. The molecule has 0 heterocycles. The van der Waals surface area contributed by atoms with Crippen molar-refractivity contribution in [1.82, 2.24) is 0 Å². The molecule has 100 valence electrons. The third-order valence-corrected chi connectivity index (χ3v) is 5.15. The van der Waals surface area contributed by atoms with Crippen LogP contribution in [0.15, 0.2) is 18.2 Å². The van der Waals surface area contributed by atoms with Crippen LogP contribution in [0.5, 0.6) is 0 Å². The predicted octanol–water partition coefficient (Wildman–Crippen LogP) is 3.42. The molecule has 0 bridgehead atoms. The highest BCUT2D eigenvalue weighted by Gasteiger charge is 2.30. The summed E-state index contributed by atoms with van der Waals surface area (Å²) in [5.74, 6) is -0.0358. The third kappa shape index (κ3) is 3.29. The predicted molar refractivity (Wildman–Crippen MR) is 77.6 cm³/mol. The molecule has 0 saturated carbocycles. The van der Waals surface area contributed by atoms with Crippen LogP contribution in [0.25, 0.3) is 0 Å². The van der Waals surface area contributed by atoms with Crippen LogP contribution in [0.2, 0.25) is 0 Å². The van der Waals surface area contributed by atoms with Crippen LogP contribution >= 0.6 is 0 Å². The summed E-state index contributed by atoms with van der Waals surface area (Å²) in [7, 11) is -1.17. The highest BCUT2D eigenvalue weighted by molar-refractivity contribution is 7.87. The van der Waals surface area contributed by atoms with Gasteiger partial charge in [0.2, 0.25) is 0 Å². The monoisotopic (exact) mass is 266 g/mol. The maximum atomic E-state index is 12.3. The SMILES string of the molecule is Cc1ccc(C(=O)C(C)S(=O)C(C)(C)C)cc1C. The minimum Gasteiger partial charge on any atom is -0.293 e. The largest absolute Gasteiger partial charge is 0.293 e. The fourth-order valence-corrected chi connectivity index (χ4v) is 3.15. The molecule has 1 aromatic rings. The van der Waals surface area contributed by atoms with Crippen molar-refractivity contribution in [2.75, 3.05) is 0 Å². The minimum atomic E-state index is -1.17. The van der Waals surface area contributed by atoms with Crippen LogP contribution in [-0.4, -0.2) is 20.0 Å². The number of Topliss-reactive ketones (excluding diaryl/α,β-unsaturated/α-hetero) is 1. The Labute approximate surface area is 112 Å². The first kappa shape index (κ1) is 15.1.